The fourth-order valence-corrected chi connectivity index (χ4v) is 2.80. The van der Waals surface area contributed by atoms with Gasteiger partial charge in [-0.05, 0) is 25.1 Å². The van der Waals surface area contributed by atoms with Gasteiger partial charge in [0.15, 0.2) is 0 Å². The molecule has 1 fully saturated rings. The maximum absolute atomic E-state index is 12.0. The van der Waals surface area contributed by atoms with Crippen LogP contribution in [-0.4, -0.2) is 43.0 Å². The van der Waals surface area contributed by atoms with Gasteiger partial charge in [0, 0.05) is 30.1 Å². The van der Waals surface area contributed by atoms with Crippen molar-refractivity contribution in [2.75, 3.05) is 31.5 Å². The lowest BCUT2D eigenvalue weighted by Crippen LogP contribution is -2.51. The summed E-state index contributed by atoms with van der Waals surface area (Å²) < 4.78 is 0.895. The number of carbonyl (C=O) groups is 1. The van der Waals surface area contributed by atoms with Crippen LogP contribution in [0.1, 0.15) is 6.92 Å². The number of carbonyl (C=O) groups excluding carboxylic acids is 1. The summed E-state index contributed by atoms with van der Waals surface area (Å²) in [6.07, 6.45) is 0. The van der Waals surface area contributed by atoms with E-state index in [4.69, 9.17) is 11.6 Å². The Balaban J connectivity index is 0.00000200. The minimum Gasteiger partial charge on any atom is -0.324 e. The number of hydrogen-bond acceptors (Lipinski definition) is 3. The second kappa shape index (κ2) is 8.20. The van der Waals surface area contributed by atoms with E-state index in [0.717, 1.165) is 24.1 Å². The Bertz CT molecular complexity index is 473. The van der Waals surface area contributed by atoms with Crippen LogP contribution in [0.3, 0.4) is 0 Å². The average Bonchev–Trinajstić information content (AvgIpc) is 2.36. The van der Waals surface area contributed by atoms with Crippen molar-refractivity contribution in [3.05, 3.63) is 27.7 Å². The lowest BCUT2D eigenvalue weighted by Gasteiger charge is -2.33. The van der Waals surface area contributed by atoms with E-state index in [2.05, 4.69) is 38.4 Å². The first-order chi connectivity index (χ1) is 9.06. The van der Waals surface area contributed by atoms with Gasteiger partial charge in [-0.2, -0.15) is 0 Å². The van der Waals surface area contributed by atoms with Gasteiger partial charge in [-0.1, -0.05) is 27.5 Å². The number of hydrogen-bond donors (Lipinski definition) is 2. The van der Waals surface area contributed by atoms with Gasteiger partial charge >= 0.3 is 0 Å². The van der Waals surface area contributed by atoms with Crippen molar-refractivity contribution < 1.29 is 4.79 Å². The zero-order valence-corrected chi connectivity index (χ0v) is 14.3. The number of nitrogens with one attached hydrogen (secondary N) is 2. The maximum atomic E-state index is 12.0. The van der Waals surface area contributed by atoms with Crippen LogP contribution in [0.4, 0.5) is 5.69 Å². The molecule has 112 valence electrons. The molecule has 20 heavy (non-hydrogen) atoms. The van der Waals surface area contributed by atoms with Gasteiger partial charge < -0.3 is 10.6 Å². The predicted octanol–water partition coefficient (Wildman–Crippen LogP) is 2.76. The molecule has 1 aliphatic rings. The number of amides is 1. The maximum Gasteiger partial charge on any atom is 0.238 e. The fraction of sp³-hybridized carbons (Fsp3) is 0.462. The summed E-state index contributed by atoms with van der Waals surface area (Å²) in [5.74, 6) is -0.0297. The highest BCUT2D eigenvalue weighted by Crippen LogP contribution is 2.25. The zero-order chi connectivity index (χ0) is 13.8. The van der Waals surface area contributed by atoms with Crippen LogP contribution in [0, 0.1) is 0 Å². The van der Waals surface area contributed by atoms with Crippen molar-refractivity contribution in [3.8, 4) is 0 Å². The summed E-state index contributed by atoms with van der Waals surface area (Å²) in [5.41, 5.74) is 0.651. The Morgan fingerprint density at radius 2 is 2.35 bits per heavy atom. The molecule has 0 unspecified atom stereocenters. The van der Waals surface area contributed by atoms with Gasteiger partial charge in [-0.25, -0.2) is 0 Å². The third kappa shape index (κ3) is 4.90. The average molecular weight is 383 g/mol. The van der Waals surface area contributed by atoms with Crippen molar-refractivity contribution in [1.82, 2.24) is 10.2 Å². The molecule has 0 aromatic heterocycles. The number of rotatable bonds is 3. The summed E-state index contributed by atoms with van der Waals surface area (Å²) in [6, 6.07) is 5.80. The molecular weight excluding hydrogens is 365 g/mol. The number of piperazine rings is 1. The Kier molecular flexibility index (Phi) is 7.26. The second-order valence-corrected chi connectivity index (χ2v) is 6.02. The minimum atomic E-state index is -0.0297. The molecule has 0 aliphatic carbocycles. The quantitative estimate of drug-likeness (QED) is 0.844. The number of halogens is 3. The first kappa shape index (κ1) is 17.7. The summed E-state index contributed by atoms with van der Waals surface area (Å²) in [4.78, 5) is 14.2. The van der Waals surface area contributed by atoms with Crippen molar-refractivity contribution in [2.45, 2.75) is 13.0 Å². The normalized spacial score (nSPS) is 19.2. The molecule has 0 radical (unpaired) electrons. The Hall–Kier alpha value is -0.330. The molecule has 1 amide bonds. The van der Waals surface area contributed by atoms with Gasteiger partial charge in [0.05, 0.1) is 17.3 Å². The van der Waals surface area contributed by atoms with Gasteiger partial charge in [-0.15, -0.1) is 12.4 Å². The number of anilines is 1. The fourth-order valence-electron chi connectivity index (χ4n) is 2.08. The number of nitrogens with zero attached hydrogens (tertiary/aromatic N) is 1. The first-order valence-electron chi connectivity index (χ1n) is 6.26. The highest BCUT2D eigenvalue weighted by atomic mass is 79.9. The predicted molar refractivity (Wildman–Crippen MR) is 88.9 cm³/mol. The Labute approximate surface area is 138 Å². The van der Waals surface area contributed by atoms with E-state index in [-0.39, 0.29) is 18.3 Å². The van der Waals surface area contributed by atoms with E-state index in [1.807, 2.05) is 6.07 Å². The molecule has 1 aromatic carbocycles. The van der Waals surface area contributed by atoms with Gasteiger partial charge in [-0.3, -0.25) is 9.69 Å². The first-order valence-corrected chi connectivity index (χ1v) is 7.43. The van der Waals surface area contributed by atoms with Gasteiger partial charge in [0.1, 0.15) is 0 Å². The lowest BCUT2D eigenvalue weighted by molar-refractivity contribution is -0.118. The molecule has 0 bridgehead atoms. The van der Waals surface area contributed by atoms with Crippen LogP contribution in [0.25, 0.3) is 0 Å². The van der Waals surface area contributed by atoms with Crippen molar-refractivity contribution in [2.24, 2.45) is 0 Å². The molecule has 1 saturated heterocycles. The molecule has 2 rings (SSSR count). The van der Waals surface area contributed by atoms with E-state index in [1.54, 1.807) is 12.1 Å². The van der Waals surface area contributed by atoms with Crippen LogP contribution in [0.2, 0.25) is 5.02 Å². The molecule has 1 atom stereocenters. The van der Waals surface area contributed by atoms with Crippen LogP contribution in [0.5, 0.6) is 0 Å². The Morgan fingerprint density at radius 3 is 3.00 bits per heavy atom. The molecule has 1 heterocycles. The highest BCUT2D eigenvalue weighted by molar-refractivity contribution is 9.10. The van der Waals surface area contributed by atoms with Crippen LogP contribution >= 0.6 is 39.9 Å². The van der Waals surface area contributed by atoms with E-state index < -0.39 is 0 Å². The van der Waals surface area contributed by atoms with Crippen LogP contribution < -0.4 is 10.6 Å². The zero-order valence-electron chi connectivity index (χ0n) is 11.2. The standard InChI is InChI=1S/C13H17BrClN3O.ClH/c1-9-7-16-4-5-18(9)8-13(19)17-12-3-2-10(14)6-11(12)15;/h2-3,6,9,16H,4-5,7-8H2,1H3,(H,17,19);1H/t9-;/m1./s1. The molecule has 7 heteroatoms. The van der Waals surface area contributed by atoms with Crippen molar-refractivity contribution >= 4 is 51.5 Å². The summed E-state index contributed by atoms with van der Waals surface area (Å²) in [6.45, 7) is 5.26. The molecule has 0 saturated carbocycles. The highest BCUT2D eigenvalue weighted by Gasteiger charge is 2.20. The van der Waals surface area contributed by atoms with Gasteiger partial charge in [0.25, 0.3) is 0 Å². The largest absolute Gasteiger partial charge is 0.324 e. The summed E-state index contributed by atoms with van der Waals surface area (Å²) in [7, 11) is 0. The molecule has 0 spiro atoms. The summed E-state index contributed by atoms with van der Waals surface area (Å²) in [5, 5.41) is 6.69. The molecule has 4 nitrogen and oxygen atoms in total. The third-order valence-electron chi connectivity index (χ3n) is 3.19. The van der Waals surface area contributed by atoms with Gasteiger partial charge in [0.2, 0.25) is 5.91 Å². The number of benzene rings is 1. The monoisotopic (exact) mass is 381 g/mol. The molecule has 1 aromatic rings. The third-order valence-corrected chi connectivity index (χ3v) is 4.00. The van der Waals surface area contributed by atoms with Crippen LogP contribution in [0.15, 0.2) is 22.7 Å². The smallest absolute Gasteiger partial charge is 0.238 e. The second-order valence-electron chi connectivity index (χ2n) is 4.70. The van der Waals surface area contributed by atoms with Crippen molar-refractivity contribution in [1.29, 1.82) is 0 Å². The Morgan fingerprint density at radius 1 is 1.60 bits per heavy atom. The van der Waals surface area contributed by atoms with Crippen molar-refractivity contribution in [3.63, 3.8) is 0 Å². The molecule has 2 N–H and O–H groups in total. The van der Waals surface area contributed by atoms with E-state index in [9.17, 15) is 4.79 Å². The van der Waals surface area contributed by atoms with E-state index in [0.29, 0.717) is 23.3 Å². The van der Waals surface area contributed by atoms with E-state index >= 15 is 0 Å². The topological polar surface area (TPSA) is 44.4 Å². The summed E-state index contributed by atoms with van der Waals surface area (Å²) >= 11 is 9.41. The molecule has 1 aliphatic heterocycles. The minimum absolute atomic E-state index is 0. The SMILES string of the molecule is C[C@@H]1CNCCN1CC(=O)Nc1ccc(Br)cc1Cl.Cl. The molecular formula is C13H18BrCl2N3O. The lowest BCUT2D eigenvalue weighted by atomic mass is 10.2. The van der Waals surface area contributed by atoms with Crippen LogP contribution in [-0.2, 0) is 4.79 Å². The van der Waals surface area contributed by atoms with E-state index in [1.165, 1.54) is 0 Å².